The number of hydrogen-bond donors (Lipinski definition) is 0. The maximum atomic E-state index is 15.2. The van der Waals surface area contributed by atoms with E-state index in [2.05, 4.69) is 34.1 Å². The summed E-state index contributed by atoms with van der Waals surface area (Å²) in [5.41, 5.74) is 4.04. The molecule has 4 nitrogen and oxygen atoms in total. The highest BCUT2D eigenvalue weighted by atomic mass is 19.1. The van der Waals surface area contributed by atoms with Gasteiger partial charge in [0.1, 0.15) is 5.82 Å². The first kappa shape index (κ1) is 18.6. The molecule has 2 aromatic carbocycles. The lowest BCUT2D eigenvalue weighted by Gasteiger charge is -2.26. The molecule has 2 heterocycles. The van der Waals surface area contributed by atoms with Gasteiger partial charge in [-0.05, 0) is 11.1 Å². The predicted molar refractivity (Wildman–Crippen MR) is 103 cm³/mol. The van der Waals surface area contributed by atoms with Crippen molar-refractivity contribution in [2.75, 3.05) is 39.5 Å². The predicted octanol–water partition coefficient (Wildman–Crippen LogP) is 3.19. The van der Waals surface area contributed by atoms with Gasteiger partial charge in [-0.15, -0.1) is 0 Å². The molecule has 5 heteroatoms. The van der Waals surface area contributed by atoms with E-state index in [1.54, 1.807) is 0 Å². The Kier molecular flexibility index (Phi) is 6.14. The van der Waals surface area contributed by atoms with Crippen molar-refractivity contribution < 1.29 is 13.9 Å². The molecule has 2 unspecified atom stereocenters. The molecule has 0 amide bonds. The van der Waals surface area contributed by atoms with Crippen molar-refractivity contribution in [3.05, 3.63) is 70.5 Å². The highest BCUT2D eigenvalue weighted by Crippen LogP contribution is 2.21. The van der Waals surface area contributed by atoms with Gasteiger partial charge in [-0.25, -0.2) is 4.39 Å². The van der Waals surface area contributed by atoms with Gasteiger partial charge in [0.15, 0.2) is 0 Å². The topological polar surface area (TPSA) is 24.9 Å². The van der Waals surface area contributed by atoms with Crippen molar-refractivity contribution >= 4 is 0 Å². The lowest BCUT2D eigenvalue weighted by molar-refractivity contribution is 0.0290. The summed E-state index contributed by atoms with van der Waals surface area (Å²) in [6, 6.07) is 14.5. The molecule has 2 aliphatic heterocycles. The molecule has 2 aromatic rings. The summed E-state index contributed by atoms with van der Waals surface area (Å²) in [6.07, 6.45) is 0. The molecule has 0 fully saturated rings. The monoisotopic (exact) mass is 370 g/mol. The normalized spacial score (nSPS) is 24.2. The maximum absolute atomic E-state index is 15.2. The fourth-order valence-electron chi connectivity index (χ4n) is 3.84. The summed E-state index contributed by atoms with van der Waals surface area (Å²) in [5.74, 6) is -0.0755. The van der Waals surface area contributed by atoms with E-state index in [0.29, 0.717) is 39.5 Å². The summed E-state index contributed by atoms with van der Waals surface area (Å²) >= 11 is 0. The van der Waals surface area contributed by atoms with E-state index in [0.717, 1.165) is 37.3 Å². The maximum Gasteiger partial charge on any atom is 0.132 e. The molecule has 0 saturated carbocycles. The first-order valence-corrected chi connectivity index (χ1v) is 9.72. The summed E-state index contributed by atoms with van der Waals surface area (Å²) < 4.78 is 26.6. The molecular formula is C22H27FN2O2. The number of fused-ring (bicyclic) bond motifs is 4. The van der Waals surface area contributed by atoms with Gasteiger partial charge >= 0.3 is 0 Å². The minimum atomic E-state index is -0.0755. The molecular weight excluding hydrogens is 343 g/mol. The molecule has 0 radical (unpaired) electrons. The smallest absolute Gasteiger partial charge is 0.132 e. The molecule has 0 aromatic heterocycles. The van der Waals surface area contributed by atoms with Gasteiger partial charge in [0.2, 0.25) is 0 Å². The minimum Gasteiger partial charge on any atom is -0.378 e. The van der Waals surface area contributed by atoms with Crippen molar-refractivity contribution in [1.29, 1.82) is 0 Å². The van der Waals surface area contributed by atoms with Crippen molar-refractivity contribution in [1.82, 2.24) is 9.80 Å². The third-order valence-electron chi connectivity index (χ3n) is 5.23. The second kappa shape index (κ2) is 8.93. The number of benzene rings is 2. The molecule has 2 aliphatic rings. The lowest BCUT2D eigenvalue weighted by Crippen LogP contribution is -2.29. The minimum absolute atomic E-state index is 0.0755. The van der Waals surface area contributed by atoms with Crippen LogP contribution in [0.1, 0.15) is 22.3 Å². The van der Waals surface area contributed by atoms with Crippen LogP contribution in [0.4, 0.5) is 4.39 Å². The molecule has 144 valence electrons. The largest absolute Gasteiger partial charge is 0.378 e. The molecule has 0 N–H and O–H groups in total. The van der Waals surface area contributed by atoms with E-state index in [9.17, 15) is 0 Å². The van der Waals surface area contributed by atoms with Crippen LogP contribution in [-0.4, -0.2) is 49.3 Å². The zero-order valence-electron chi connectivity index (χ0n) is 15.7. The van der Waals surface area contributed by atoms with Gasteiger partial charge in [0.05, 0.1) is 26.4 Å². The van der Waals surface area contributed by atoms with Crippen LogP contribution < -0.4 is 0 Å². The average molecular weight is 370 g/mol. The van der Waals surface area contributed by atoms with Crippen LogP contribution in [0.2, 0.25) is 0 Å². The van der Waals surface area contributed by atoms with E-state index in [-0.39, 0.29) is 5.82 Å². The number of hydrogen-bond acceptors (Lipinski definition) is 4. The fraction of sp³-hybridized carbons (Fsp3) is 0.455. The van der Waals surface area contributed by atoms with Crippen LogP contribution in [0.25, 0.3) is 0 Å². The molecule has 0 spiro atoms. The highest BCUT2D eigenvalue weighted by molar-refractivity contribution is 5.28. The van der Waals surface area contributed by atoms with E-state index in [1.807, 2.05) is 18.2 Å². The Labute approximate surface area is 160 Å². The van der Waals surface area contributed by atoms with Gasteiger partial charge in [-0.2, -0.15) is 0 Å². The van der Waals surface area contributed by atoms with Gasteiger partial charge in [0.25, 0.3) is 0 Å². The molecule has 0 aliphatic carbocycles. The Hall–Kier alpha value is -1.79. The third kappa shape index (κ3) is 4.93. The van der Waals surface area contributed by atoms with Crippen LogP contribution in [-0.2, 0) is 35.7 Å². The molecule has 0 saturated heterocycles. The number of rotatable bonds is 0. The third-order valence-corrected chi connectivity index (χ3v) is 5.23. The van der Waals surface area contributed by atoms with Gasteiger partial charge in [0, 0.05) is 50.4 Å². The molecule has 6 bridgehead atoms. The first-order valence-electron chi connectivity index (χ1n) is 9.72. The second-order valence-electron chi connectivity index (χ2n) is 7.36. The van der Waals surface area contributed by atoms with E-state index in [1.165, 1.54) is 11.1 Å². The van der Waals surface area contributed by atoms with Crippen LogP contribution in [0.15, 0.2) is 42.5 Å². The molecule has 4 rings (SSSR count). The van der Waals surface area contributed by atoms with Crippen molar-refractivity contribution in [3.63, 3.8) is 0 Å². The van der Waals surface area contributed by atoms with Crippen molar-refractivity contribution in [2.24, 2.45) is 0 Å². The van der Waals surface area contributed by atoms with Gasteiger partial charge in [-0.3, -0.25) is 9.80 Å². The summed E-state index contributed by atoms with van der Waals surface area (Å²) in [7, 11) is 0. The highest BCUT2D eigenvalue weighted by Gasteiger charge is 2.17. The summed E-state index contributed by atoms with van der Waals surface area (Å²) in [4.78, 5) is 4.53. The Morgan fingerprint density at radius 2 is 1.19 bits per heavy atom. The standard InChI is InChI=1S/C22H27FN2O2/c23-22-20-5-2-6-21(22)17-25-8-10-27-12-11-26-9-7-24(16-20)14-18-3-1-4-19(13-18)15-25/h1-6,13H,7-12,14-17H2. The Bertz CT molecular complexity index is 712. The SMILES string of the molecule is Fc1c2cccc1CN1CCOCCOCCN(Cc3cccc(c3)C1)C2. The van der Waals surface area contributed by atoms with Crippen LogP contribution in [0.3, 0.4) is 0 Å². The number of nitrogens with zero attached hydrogens (tertiary/aromatic N) is 2. The average Bonchev–Trinajstić information content (AvgIpc) is 2.66. The quantitative estimate of drug-likeness (QED) is 0.711. The van der Waals surface area contributed by atoms with Crippen molar-refractivity contribution in [2.45, 2.75) is 26.2 Å². The lowest BCUT2D eigenvalue weighted by atomic mass is 10.0. The number of halogens is 1. The van der Waals surface area contributed by atoms with E-state index >= 15 is 4.39 Å². The summed E-state index contributed by atoms with van der Waals surface area (Å²) in [6.45, 7) is 6.72. The van der Waals surface area contributed by atoms with Gasteiger partial charge in [-0.1, -0.05) is 42.5 Å². The van der Waals surface area contributed by atoms with Gasteiger partial charge < -0.3 is 9.47 Å². The Morgan fingerprint density at radius 1 is 0.667 bits per heavy atom. The molecule has 27 heavy (non-hydrogen) atoms. The fourth-order valence-corrected chi connectivity index (χ4v) is 3.84. The second-order valence-corrected chi connectivity index (χ2v) is 7.36. The van der Waals surface area contributed by atoms with Crippen LogP contribution in [0, 0.1) is 5.82 Å². The zero-order valence-corrected chi connectivity index (χ0v) is 15.7. The van der Waals surface area contributed by atoms with Crippen molar-refractivity contribution in [3.8, 4) is 0 Å². The Morgan fingerprint density at radius 3 is 1.74 bits per heavy atom. The van der Waals surface area contributed by atoms with Crippen LogP contribution >= 0.6 is 0 Å². The first-order chi connectivity index (χ1) is 13.3. The molecule has 2 atom stereocenters. The number of ether oxygens (including phenoxy) is 2. The van der Waals surface area contributed by atoms with E-state index in [4.69, 9.17) is 9.47 Å². The zero-order chi connectivity index (χ0) is 18.5. The van der Waals surface area contributed by atoms with E-state index < -0.39 is 0 Å². The summed E-state index contributed by atoms with van der Waals surface area (Å²) in [5, 5.41) is 0. The van der Waals surface area contributed by atoms with Crippen LogP contribution in [0.5, 0.6) is 0 Å². The Balaban J connectivity index is 1.73.